The van der Waals surface area contributed by atoms with Crippen LogP contribution in [0.3, 0.4) is 0 Å². The van der Waals surface area contributed by atoms with E-state index in [0.717, 1.165) is 17.1 Å². The quantitative estimate of drug-likeness (QED) is 0.603. The van der Waals surface area contributed by atoms with Crippen LogP contribution < -0.4 is 4.74 Å². The fourth-order valence-electron chi connectivity index (χ4n) is 1.34. The van der Waals surface area contributed by atoms with Gasteiger partial charge in [0.2, 0.25) is 0 Å². The SMILES string of the molecule is COc1cc(/C=C/CC(C)C)ccc1SS. The lowest BCUT2D eigenvalue weighted by molar-refractivity contribution is 0.405. The second-order valence-corrected chi connectivity index (χ2v) is 5.20. The van der Waals surface area contributed by atoms with Crippen LogP contribution in [0.2, 0.25) is 0 Å². The van der Waals surface area contributed by atoms with Crippen LogP contribution in [0.5, 0.6) is 5.75 Å². The summed E-state index contributed by atoms with van der Waals surface area (Å²) in [6.45, 7) is 4.43. The Kier molecular flexibility index (Phi) is 5.85. The summed E-state index contributed by atoms with van der Waals surface area (Å²) in [4.78, 5) is 1.05. The molecule has 0 aromatic heterocycles. The van der Waals surface area contributed by atoms with Crippen molar-refractivity contribution >= 4 is 28.5 Å². The summed E-state index contributed by atoms with van der Waals surface area (Å²) in [5.41, 5.74) is 1.17. The molecule has 0 aliphatic carbocycles. The van der Waals surface area contributed by atoms with Gasteiger partial charge in [-0.15, -0.1) is 11.7 Å². The van der Waals surface area contributed by atoms with E-state index < -0.39 is 0 Å². The lowest BCUT2D eigenvalue weighted by Crippen LogP contribution is -1.86. The first-order valence-electron chi connectivity index (χ1n) is 5.33. The van der Waals surface area contributed by atoms with Gasteiger partial charge in [-0.25, -0.2) is 0 Å². The number of benzene rings is 1. The summed E-state index contributed by atoms with van der Waals surface area (Å²) in [6.07, 6.45) is 5.44. The van der Waals surface area contributed by atoms with E-state index in [1.165, 1.54) is 16.4 Å². The van der Waals surface area contributed by atoms with Crippen LogP contribution in [0.25, 0.3) is 6.08 Å². The van der Waals surface area contributed by atoms with Crippen LogP contribution in [0, 0.1) is 5.92 Å². The van der Waals surface area contributed by atoms with Crippen molar-refractivity contribution in [3.05, 3.63) is 29.8 Å². The first-order chi connectivity index (χ1) is 7.67. The van der Waals surface area contributed by atoms with Crippen LogP contribution in [0.1, 0.15) is 25.8 Å². The molecule has 88 valence electrons. The zero-order valence-electron chi connectivity index (χ0n) is 9.93. The Balaban J connectivity index is 2.78. The smallest absolute Gasteiger partial charge is 0.133 e. The predicted octanol–water partition coefficient (Wildman–Crippen LogP) is 4.69. The molecule has 0 saturated carbocycles. The monoisotopic (exact) mass is 254 g/mol. The van der Waals surface area contributed by atoms with Crippen LogP contribution in [0.15, 0.2) is 29.2 Å². The Bertz CT molecular complexity index is 359. The van der Waals surface area contributed by atoms with E-state index in [1.807, 2.05) is 12.1 Å². The third kappa shape index (κ3) is 4.14. The molecule has 0 heterocycles. The van der Waals surface area contributed by atoms with E-state index in [2.05, 4.69) is 43.7 Å². The van der Waals surface area contributed by atoms with E-state index in [-0.39, 0.29) is 0 Å². The van der Waals surface area contributed by atoms with E-state index in [4.69, 9.17) is 4.74 Å². The molecule has 0 fully saturated rings. The maximum Gasteiger partial charge on any atom is 0.133 e. The van der Waals surface area contributed by atoms with Crippen molar-refractivity contribution in [2.24, 2.45) is 5.92 Å². The number of hydrogen-bond donors (Lipinski definition) is 1. The molecule has 0 bridgehead atoms. The minimum Gasteiger partial charge on any atom is -0.496 e. The molecular weight excluding hydrogens is 236 g/mol. The summed E-state index contributed by atoms with van der Waals surface area (Å²) in [5, 5.41) is 0. The Morgan fingerprint density at radius 3 is 2.75 bits per heavy atom. The van der Waals surface area contributed by atoms with Gasteiger partial charge in [-0.2, -0.15) is 0 Å². The van der Waals surface area contributed by atoms with Gasteiger partial charge in [-0.3, -0.25) is 0 Å². The Labute approximate surface area is 107 Å². The van der Waals surface area contributed by atoms with Gasteiger partial charge < -0.3 is 4.74 Å². The molecule has 0 aliphatic rings. The van der Waals surface area contributed by atoms with Gasteiger partial charge in [0.05, 0.1) is 12.0 Å². The van der Waals surface area contributed by atoms with Crippen LogP contribution in [-0.4, -0.2) is 7.11 Å². The van der Waals surface area contributed by atoms with Crippen LogP contribution in [0.4, 0.5) is 0 Å². The van der Waals surface area contributed by atoms with Gasteiger partial charge in [0, 0.05) is 0 Å². The predicted molar refractivity (Wildman–Crippen MR) is 76.3 cm³/mol. The lowest BCUT2D eigenvalue weighted by atomic mass is 10.1. The fraction of sp³-hybridized carbons (Fsp3) is 0.385. The molecule has 0 aliphatic heterocycles. The number of thiol groups is 1. The molecule has 0 spiro atoms. The zero-order chi connectivity index (χ0) is 12.0. The normalized spacial score (nSPS) is 11.3. The molecule has 16 heavy (non-hydrogen) atoms. The summed E-state index contributed by atoms with van der Waals surface area (Å²) >= 11 is 4.18. The van der Waals surface area contributed by atoms with Gasteiger partial charge in [-0.1, -0.05) is 42.9 Å². The molecule has 0 saturated heterocycles. The number of allylic oxidation sites excluding steroid dienone is 1. The van der Waals surface area contributed by atoms with E-state index in [1.54, 1.807) is 7.11 Å². The number of ether oxygens (including phenoxy) is 1. The Morgan fingerprint density at radius 2 is 2.19 bits per heavy atom. The summed E-state index contributed by atoms with van der Waals surface area (Å²) < 4.78 is 5.30. The second kappa shape index (κ2) is 6.92. The van der Waals surface area contributed by atoms with Gasteiger partial charge in [-0.05, 0) is 30.0 Å². The fourth-order valence-corrected chi connectivity index (χ4v) is 2.15. The molecular formula is C13H18OS2. The van der Waals surface area contributed by atoms with Crippen molar-refractivity contribution in [2.75, 3.05) is 7.11 Å². The van der Waals surface area contributed by atoms with Crippen molar-refractivity contribution in [3.8, 4) is 5.75 Å². The minimum absolute atomic E-state index is 0.699. The highest BCUT2D eigenvalue weighted by molar-refractivity contribution is 8.68. The van der Waals surface area contributed by atoms with Gasteiger partial charge in [0.25, 0.3) is 0 Å². The third-order valence-corrected chi connectivity index (χ3v) is 3.33. The van der Waals surface area contributed by atoms with Crippen molar-refractivity contribution in [1.82, 2.24) is 0 Å². The van der Waals surface area contributed by atoms with Gasteiger partial charge >= 0.3 is 0 Å². The zero-order valence-corrected chi connectivity index (χ0v) is 11.6. The van der Waals surface area contributed by atoms with Crippen molar-refractivity contribution in [3.63, 3.8) is 0 Å². The highest BCUT2D eigenvalue weighted by Gasteiger charge is 2.01. The number of rotatable bonds is 5. The summed E-state index contributed by atoms with van der Waals surface area (Å²) in [6, 6.07) is 6.15. The molecule has 1 aromatic rings. The molecule has 0 unspecified atom stereocenters. The highest BCUT2D eigenvalue weighted by Crippen LogP contribution is 2.32. The Hall–Kier alpha value is -0.540. The maximum atomic E-state index is 5.30. The first kappa shape index (κ1) is 13.5. The van der Waals surface area contributed by atoms with E-state index >= 15 is 0 Å². The minimum atomic E-state index is 0.699. The largest absolute Gasteiger partial charge is 0.496 e. The van der Waals surface area contributed by atoms with Gasteiger partial charge in [0.1, 0.15) is 5.75 Å². The van der Waals surface area contributed by atoms with Crippen molar-refractivity contribution in [2.45, 2.75) is 25.2 Å². The summed E-state index contributed by atoms with van der Waals surface area (Å²) in [7, 11) is 3.09. The average molecular weight is 254 g/mol. The molecule has 0 atom stereocenters. The molecule has 0 radical (unpaired) electrons. The number of methoxy groups -OCH3 is 1. The first-order valence-corrected chi connectivity index (χ1v) is 7.20. The van der Waals surface area contributed by atoms with Crippen LogP contribution in [-0.2, 0) is 0 Å². The third-order valence-electron chi connectivity index (χ3n) is 2.20. The van der Waals surface area contributed by atoms with Crippen LogP contribution >= 0.6 is 22.5 Å². The molecule has 0 N–H and O–H groups in total. The van der Waals surface area contributed by atoms with Crippen molar-refractivity contribution in [1.29, 1.82) is 0 Å². The summed E-state index contributed by atoms with van der Waals surface area (Å²) in [5.74, 6) is 1.58. The standard InChI is InChI=1S/C13H18OS2/c1-10(2)5-4-6-11-7-8-13(16-15)12(9-11)14-3/h4,6-10,15H,5H2,1-3H3/b6-4+. The molecule has 1 rings (SSSR count). The molecule has 0 amide bonds. The van der Waals surface area contributed by atoms with E-state index in [9.17, 15) is 0 Å². The molecule has 1 aromatic carbocycles. The van der Waals surface area contributed by atoms with Gasteiger partial charge in [0.15, 0.2) is 0 Å². The average Bonchev–Trinajstić information content (AvgIpc) is 2.28. The Morgan fingerprint density at radius 1 is 1.44 bits per heavy atom. The lowest BCUT2D eigenvalue weighted by Gasteiger charge is -2.06. The maximum absolute atomic E-state index is 5.30. The number of hydrogen-bond acceptors (Lipinski definition) is 3. The highest BCUT2D eigenvalue weighted by atomic mass is 33.1. The van der Waals surface area contributed by atoms with Crippen molar-refractivity contribution < 1.29 is 4.74 Å². The molecule has 1 nitrogen and oxygen atoms in total. The molecule has 3 heteroatoms. The topological polar surface area (TPSA) is 9.23 Å². The second-order valence-electron chi connectivity index (χ2n) is 4.03. The van der Waals surface area contributed by atoms with E-state index in [0.29, 0.717) is 5.92 Å².